The summed E-state index contributed by atoms with van der Waals surface area (Å²) < 4.78 is 17.3. The Kier molecular flexibility index (Phi) is 38.3. The number of allylic oxidation sites excluding steroid dienone is 12. The number of carboxylic acids is 1. The number of ether oxygens (including phenoxy) is 3. The van der Waals surface area contributed by atoms with Crippen molar-refractivity contribution in [3.05, 3.63) is 72.9 Å². The standard InChI is InChI=1S/C50H85NO7/c1-6-8-10-12-14-16-18-20-22-23-24-25-27-29-31-33-35-37-39-41-49(53)58-46(44-56-43-42-47(50(54)55)51(3,4)5)45-57-48(52)40-38-36-34-32-30-28-26-21-19-17-15-13-11-9-7-2/h8,10,14-17,19-22,24-25,46-47H,6-7,9,11-13,18,23,26-45H2,1-5H3/p+1/b10-8+,16-14+,17-15+,21-19+,22-20+,25-24+. The van der Waals surface area contributed by atoms with Gasteiger partial charge in [0.25, 0.3) is 0 Å². The zero-order valence-electron chi connectivity index (χ0n) is 37.7. The van der Waals surface area contributed by atoms with Crippen LogP contribution in [0.25, 0.3) is 0 Å². The molecule has 0 aliphatic heterocycles. The molecule has 0 saturated carbocycles. The van der Waals surface area contributed by atoms with Gasteiger partial charge >= 0.3 is 17.9 Å². The summed E-state index contributed by atoms with van der Waals surface area (Å²) in [5, 5.41) is 9.63. The number of aliphatic carboxylic acids is 1. The summed E-state index contributed by atoms with van der Waals surface area (Å²) in [6.45, 7) is 4.56. The molecule has 8 nitrogen and oxygen atoms in total. The van der Waals surface area contributed by atoms with Crippen molar-refractivity contribution in [2.75, 3.05) is 41.0 Å². The fourth-order valence-electron chi connectivity index (χ4n) is 6.31. The summed E-state index contributed by atoms with van der Waals surface area (Å²) in [4.78, 5) is 37.0. The SMILES string of the molecule is CC/C=C/C/C=C/C/C=C/C/C=C/CCCCCCCCC(=O)OC(COCCC(C(=O)O)[N+](C)(C)C)COC(=O)CCCCCCCC/C=C/C=C/CCCCC. The number of carbonyl (C=O) groups excluding carboxylic acids is 2. The summed E-state index contributed by atoms with van der Waals surface area (Å²) in [5.41, 5.74) is 0. The van der Waals surface area contributed by atoms with E-state index in [2.05, 4.69) is 86.8 Å². The zero-order valence-corrected chi connectivity index (χ0v) is 37.7. The Morgan fingerprint density at radius 2 is 1.02 bits per heavy atom. The lowest BCUT2D eigenvalue weighted by Gasteiger charge is -2.31. The number of rotatable bonds is 40. The monoisotopic (exact) mass is 813 g/mol. The minimum Gasteiger partial charge on any atom is -0.477 e. The third kappa shape index (κ3) is 38.3. The van der Waals surface area contributed by atoms with E-state index in [1.807, 2.05) is 21.1 Å². The first kappa shape index (κ1) is 54.8. The third-order valence-corrected chi connectivity index (χ3v) is 9.87. The second-order valence-corrected chi connectivity index (χ2v) is 16.3. The Morgan fingerprint density at radius 1 is 0.552 bits per heavy atom. The highest BCUT2D eigenvalue weighted by molar-refractivity contribution is 5.72. The van der Waals surface area contributed by atoms with Gasteiger partial charge in [-0.3, -0.25) is 9.59 Å². The Labute approximate surface area is 355 Å². The van der Waals surface area contributed by atoms with Crippen LogP contribution in [0.1, 0.15) is 174 Å². The first-order chi connectivity index (χ1) is 28.1. The van der Waals surface area contributed by atoms with Gasteiger partial charge in [0, 0.05) is 19.3 Å². The average Bonchev–Trinajstić information content (AvgIpc) is 3.18. The van der Waals surface area contributed by atoms with Gasteiger partial charge in [-0.25, -0.2) is 4.79 Å². The summed E-state index contributed by atoms with van der Waals surface area (Å²) >= 11 is 0. The van der Waals surface area contributed by atoms with E-state index in [9.17, 15) is 19.5 Å². The highest BCUT2D eigenvalue weighted by Crippen LogP contribution is 2.13. The van der Waals surface area contributed by atoms with Crippen LogP contribution in [0, 0.1) is 0 Å². The normalized spacial score (nSPS) is 13.6. The molecule has 0 fully saturated rings. The number of likely N-dealkylation sites (N-methyl/N-ethyl adjacent to an activating group) is 1. The summed E-state index contributed by atoms with van der Waals surface area (Å²) in [7, 11) is 5.51. The maximum Gasteiger partial charge on any atom is 0.362 e. The van der Waals surface area contributed by atoms with E-state index in [0.717, 1.165) is 96.3 Å². The van der Waals surface area contributed by atoms with Crippen LogP contribution in [0.3, 0.4) is 0 Å². The molecule has 0 aromatic carbocycles. The molecule has 0 bridgehead atoms. The van der Waals surface area contributed by atoms with E-state index >= 15 is 0 Å². The van der Waals surface area contributed by atoms with Crippen LogP contribution in [0.2, 0.25) is 0 Å². The highest BCUT2D eigenvalue weighted by Gasteiger charge is 2.31. The molecular formula is C50H86NO7+. The number of carbonyl (C=O) groups is 3. The summed E-state index contributed by atoms with van der Waals surface area (Å²) in [6, 6.07) is -0.622. The van der Waals surface area contributed by atoms with E-state index in [-0.39, 0.29) is 36.2 Å². The smallest absolute Gasteiger partial charge is 0.362 e. The van der Waals surface area contributed by atoms with Crippen LogP contribution in [-0.2, 0) is 28.6 Å². The molecular weight excluding hydrogens is 727 g/mol. The van der Waals surface area contributed by atoms with E-state index in [0.29, 0.717) is 19.3 Å². The van der Waals surface area contributed by atoms with Crippen molar-refractivity contribution in [1.82, 2.24) is 0 Å². The Balaban J connectivity index is 4.38. The highest BCUT2D eigenvalue weighted by atomic mass is 16.6. The van der Waals surface area contributed by atoms with Crippen molar-refractivity contribution < 1.29 is 38.2 Å². The topological polar surface area (TPSA) is 99.1 Å². The predicted molar refractivity (Wildman–Crippen MR) is 243 cm³/mol. The molecule has 332 valence electrons. The van der Waals surface area contributed by atoms with E-state index < -0.39 is 18.1 Å². The number of nitrogens with zero attached hydrogens (tertiary/aromatic N) is 1. The van der Waals surface area contributed by atoms with Crippen LogP contribution in [0.15, 0.2) is 72.9 Å². The second-order valence-electron chi connectivity index (χ2n) is 16.3. The molecule has 2 atom stereocenters. The first-order valence-corrected chi connectivity index (χ1v) is 23.0. The minimum atomic E-state index is -0.882. The van der Waals surface area contributed by atoms with Gasteiger partial charge in [0.1, 0.15) is 6.61 Å². The fraction of sp³-hybridized carbons (Fsp3) is 0.700. The Bertz CT molecular complexity index is 1180. The minimum absolute atomic E-state index is 0.0478. The molecule has 0 radical (unpaired) electrons. The molecule has 0 amide bonds. The van der Waals surface area contributed by atoms with Crippen LogP contribution in [-0.4, -0.2) is 80.6 Å². The molecule has 8 heteroatoms. The van der Waals surface area contributed by atoms with Crippen LogP contribution in [0.5, 0.6) is 0 Å². The number of hydrogen-bond donors (Lipinski definition) is 1. The van der Waals surface area contributed by atoms with Crippen molar-refractivity contribution >= 4 is 17.9 Å². The second kappa shape index (κ2) is 40.5. The third-order valence-electron chi connectivity index (χ3n) is 9.87. The molecule has 1 N–H and O–H groups in total. The lowest BCUT2D eigenvalue weighted by Crippen LogP contribution is -2.50. The molecule has 0 aromatic heterocycles. The molecule has 0 aliphatic carbocycles. The van der Waals surface area contributed by atoms with Crippen molar-refractivity contribution in [3.8, 4) is 0 Å². The van der Waals surface area contributed by atoms with Crippen molar-refractivity contribution in [1.29, 1.82) is 0 Å². The lowest BCUT2D eigenvalue weighted by molar-refractivity contribution is -0.887. The molecule has 58 heavy (non-hydrogen) atoms. The van der Waals surface area contributed by atoms with Crippen LogP contribution < -0.4 is 0 Å². The van der Waals surface area contributed by atoms with E-state index in [1.54, 1.807) is 0 Å². The Morgan fingerprint density at radius 3 is 1.53 bits per heavy atom. The molecule has 0 saturated heterocycles. The first-order valence-electron chi connectivity index (χ1n) is 23.0. The van der Waals surface area contributed by atoms with Gasteiger partial charge in [-0.1, -0.05) is 151 Å². The zero-order chi connectivity index (χ0) is 42.8. The number of carboxylic acid groups (broad SMARTS) is 1. The molecule has 0 aromatic rings. The number of quaternary nitrogens is 1. The van der Waals surface area contributed by atoms with Crippen LogP contribution in [0.4, 0.5) is 0 Å². The van der Waals surface area contributed by atoms with Crippen molar-refractivity contribution in [3.63, 3.8) is 0 Å². The van der Waals surface area contributed by atoms with Gasteiger partial charge in [0.05, 0.1) is 34.4 Å². The van der Waals surface area contributed by atoms with Crippen LogP contribution >= 0.6 is 0 Å². The molecule has 0 heterocycles. The number of hydrogen-bond acceptors (Lipinski definition) is 6. The molecule has 0 aliphatic rings. The number of esters is 2. The lowest BCUT2D eigenvalue weighted by atomic mass is 10.1. The van der Waals surface area contributed by atoms with Gasteiger partial charge in [-0.15, -0.1) is 0 Å². The van der Waals surface area contributed by atoms with Crippen molar-refractivity contribution in [2.45, 2.75) is 187 Å². The maximum absolute atomic E-state index is 12.7. The van der Waals surface area contributed by atoms with Gasteiger partial charge in [-0.05, 0) is 77.0 Å². The quantitative estimate of drug-likeness (QED) is 0.0216. The number of unbranched alkanes of at least 4 members (excludes halogenated alkanes) is 15. The fourth-order valence-corrected chi connectivity index (χ4v) is 6.31. The van der Waals surface area contributed by atoms with Crippen molar-refractivity contribution in [2.24, 2.45) is 0 Å². The molecule has 2 unspecified atom stereocenters. The molecule has 0 rings (SSSR count). The van der Waals surface area contributed by atoms with Gasteiger partial charge in [0.2, 0.25) is 0 Å². The predicted octanol–water partition coefficient (Wildman–Crippen LogP) is 12.7. The van der Waals surface area contributed by atoms with Gasteiger partial charge in [-0.2, -0.15) is 0 Å². The van der Waals surface area contributed by atoms with E-state index in [1.165, 1.54) is 44.9 Å². The summed E-state index contributed by atoms with van der Waals surface area (Å²) in [6.07, 6.45) is 50.8. The Hall–Kier alpha value is -3.23. The van der Waals surface area contributed by atoms with Gasteiger partial charge in [0.15, 0.2) is 12.1 Å². The largest absolute Gasteiger partial charge is 0.477 e. The maximum atomic E-state index is 12.7. The average molecular weight is 813 g/mol. The molecule has 0 spiro atoms. The van der Waals surface area contributed by atoms with Gasteiger partial charge < -0.3 is 23.8 Å². The van der Waals surface area contributed by atoms with E-state index in [4.69, 9.17) is 14.2 Å². The summed E-state index contributed by atoms with van der Waals surface area (Å²) in [5.74, 6) is -1.51.